The van der Waals surface area contributed by atoms with E-state index in [-0.39, 0.29) is 0 Å². The van der Waals surface area contributed by atoms with Crippen LogP contribution < -0.4 is 0 Å². The molecule has 4 nitrogen and oxygen atoms in total. The van der Waals surface area contributed by atoms with E-state index in [9.17, 15) is 0 Å². The number of rotatable bonds is 5. The second-order valence-electron chi connectivity index (χ2n) is 5.95. The molecule has 1 aliphatic heterocycles. The molecular weight excluding hydrogens is 250 g/mol. The zero-order valence-electron chi connectivity index (χ0n) is 13.0. The van der Waals surface area contributed by atoms with Gasteiger partial charge in [0.05, 0.1) is 18.9 Å². The third-order valence-electron chi connectivity index (χ3n) is 3.72. The Labute approximate surface area is 122 Å². The Hall–Kier alpha value is -0.970. The summed E-state index contributed by atoms with van der Waals surface area (Å²) in [6, 6.07) is 4.35. The third kappa shape index (κ3) is 4.85. The maximum atomic E-state index is 5.72. The van der Waals surface area contributed by atoms with E-state index < -0.39 is 0 Å². The van der Waals surface area contributed by atoms with E-state index >= 15 is 0 Å². The molecule has 112 valence electrons. The summed E-state index contributed by atoms with van der Waals surface area (Å²) in [5, 5.41) is 0. The molecule has 0 bridgehead atoms. The summed E-state index contributed by atoms with van der Waals surface area (Å²) in [6.45, 7) is 7.97. The van der Waals surface area contributed by atoms with Crippen LogP contribution in [0.25, 0.3) is 0 Å². The van der Waals surface area contributed by atoms with Gasteiger partial charge in [-0.25, -0.2) is 0 Å². The number of hydrogen-bond donors (Lipinski definition) is 0. The van der Waals surface area contributed by atoms with Gasteiger partial charge in [0.25, 0.3) is 0 Å². The van der Waals surface area contributed by atoms with Crippen molar-refractivity contribution in [3.05, 3.63) is 29.6 Å². The van der Waals surface area contributed by atoms with E-state index in [1.54, 1.807) is 0 Å². The van der Waals surface area contributed by atoms with Crippen LogP contribution in [-0.2, 0) is 17.7 Å². The normalized spacial score (nSPS) is 21.1. The highest BCUT2D eigenvalue weighted by Crippen LogP contribution is 2.11. The van der Waals surface area contributed by atoms with Crippen LogP contribution in [0.15, 0.2) is 18.3 Å². The Balaban J connectivity index is 1.92. The first-order chi connectivity index (χ1) is 9.67. The molecule has 0 saturated carbocycles. The van der Waals surface area contributed by atoms with Gasteiger partial charge in [0.2, 0.25) is 0 Å². The fourth-order valence-corrected chi connectivity index (χ4v) is 2.71. The van der Waals surface area contributed by atoms with Crippen molar-refractivity contribution in [2.45, 2.75) is 19.9 Å². The summed E-state index contributed by atoms with van der Waals surface area (Å²) in [5.74, 6) is 0.586. The molecule has 0 unspecified atom stereocenters. The number of nitrogens with zero attached hydrogens (tertiary/aromatic N) is 3. The molecule has 1 fully saturated rings. The zero-order chi connectivity index (χ0) is 14.4. The molecule has 0 N–H and O–H groups in total. The van der Waals surface area contributed by atoms with Crippen molar-refractivity contribution in [3.63, 3.8) is 0 Å². The summed E-state index contributed by atoms with van der Waals surface area (Å²) in [7, 11) is 4.25. The van der Waals surface area contributed by atoms with Gasteiger partial charge < -0.3 is 9.64 Å². The van der Waals surface area contributed by atoms with Gasteiger partial charge in [-0.1, -0.05) is 13.0 Å². The Morgan fingerprint density at radius 1 is 1.40 bits per heavy atom. The monoisotopic (exact) mass is 277 g/mol. The van der Waals surface area contributed by atoms with Crippen LogP contribution in [0.1, 0.15) is 18.2 Å². The highest BCUT2D eigenvalue weighted by atomic mass is 16.5. The molecule has 2 rings (SSSR count). The lowest BCUT2D eigenvalue weighted by Gasteiger charge is -2.25. The third-order valence-corrected chi connectivity index (χ3v) is 3.72. The second kappa shape index (κ2) is 7.72. The smallest absolute Gasteiger partial charge is 0.0593 e. The quantitative estimate of drug-likeness (QED) is 0.818. The molecule has 1 atom stereocenters. The fourth-order valence-electron chi connectivity index (χ4n) is 2.71. The van der Waals surface area contributed by atoms with Crippen molar-refractivity contribution in [2.75, 3.05) is 46.9 Å². The number of hydrogen-bond acceptors (Lipinski definition) is 4. The molecule has 0 amide bonds. The molecule has 0 radical (unpaired) electrons. The molecule has 20 heavy (non-hydrogen) atoms. The van der Waals surface area contributed by atoms with Crippen molar-refractivity contribution >= 4 is 0 Å². The Morgan fingerprint density at radius 2 is 2.25 bits per heavy atom. The number of ether oxygens (including phenoxy) is 1. The lowest BCUT2D eigenvalue weighted by atomic mass is 10.1. The van der Waals surface area contributed by atoms with Gasteiger partial charge in [-0.15, -0.1) is 0 Å². The van der Waals surface area contributed by atoms with Crippen molar-refractivity contribution in [2.24, 2.45) is 5.92 Å². The summed E-state index contributed by atoms with van der Waals surface area (Å²) in [4.78, 5) is 9.28. The molecular formula is C16H27N3O. The van der Waals surface area contributed by atoms with Crippen LogP contribution in [0.3, 0.4) is 0 Å². The molecule has 1 aromatic rings. The zero-order valence-corrected chi connectivity index (χ0v) is 13.0. The highest BCUT2D eigenvalue weighted by molar-refractivity contribution is 5.13. The summed E-state index contributed by atoms with van der Waals surface area (Å²) < 4.78 is 5.72. The minimum absolute atomic E-state index is 0.586. The summed E-state index contributed by atoms with van der Waals surface area (Å²) in [6.07, 6.45) is 3.05. The maximum absolute atomic E-state index is 5.72. The van der Waals surface area contributed by atoms with Crippen LogP contribution in [0.4, 0.5) is 0 Å². The van der Waals surface area contributed by atoms with Crippen LogP contribution >= 0.6 is 0 Å². The van der Waals surface area contributed by atoms with Gasteiger partial charge in [-0.3, -0.25) is 9.88 Å². The van der Waals surface area contributed by atoms with Crippen molar-refractivity contribution < 1.29 is 4.74 Å². The van der Waals surface area contributed by atoms with E-state index in [2.05, 4.69) is 47.9 Å². The molecule has 1 saturated heterocycles. The van der Waals surface area contributed by atoms with E-state index in [1.165, 1.54) is 5.56 Å². The first kappa shape index (κ1) is 15.4. The topological polar surface area (TPSA) is 28.6 Å². The fraction of sp³-hybridized carbons (Fsp3) is 0.688. The van der Waals surface area contributed by atoms with Crippen LogP contribution in [-0.4, -0.2) is 61.7 Å². The van der Waals surface area contributed by atoms with Crippen molar-refractivity contribution in [1.29, 1.82) is 0 Å². The standard InChI is InChI=1S/C16H27N3O/c1-4-14-5-6-16(17-9-14)12-19-7-8-20-13-15(11-19)10-18(2)3/h5-6,9,15H,4,7-8,10-13H2,1-3H3/t15-/m1/s1. The Kier molecular flexibility index (Phi) is 5.95. The van der Waals surface area contributed by atoms with E-state index in [4.69, 9.17) is 4.74 Å². The molecule has 4 heteroatoms. The average Bonchev–Trinajstić information content (AvgIpc) is 2.64. The lowest BCUT2D eigenvalue weighted by molar-refractivity contribution is 0.112. The molecule has 1 aliphatic rings. The molecule has 0 spiro atoms. The summed E-state index contributed by atoms with van der Waals surface area (Å²) in [5.41, 5.74) is 2.46. The van der Waals surface area contributed by atoms with Gasteiger partial charge in [-0.2, -0.15) is 0 Å². The average molecular weight is 277 g/mol. The SMILES string of the molecule is CCc1ccc(CN2CCOC[C@H](CN(C)C)C2)nc1. The maximum Gasteiger partial charge on any atom is 0.0593 e. The number of aromatic nitrogens is 1. The van der Waals surface area contributed by atoms with Gasteiger partial charge in [-0.05, 0) is 32.1 Å². The largest absolute Gasteiger partial charge is 0.380 e. The Bertz CT molecular complexity index is 391. The van der Waals surface area contributed by atoms with Gasteiger partial charge >= 0.3 is 0 Å². The highest BCUT2D eigenvalue weighted by Gasteiger charge is 2.19. The van der Waals surface area contributed by atoms with Crippen LogP contribution in [0.2, 0.25) is 0 Å². The number of aryl methyl sites for hydroxylation is 1. The van der Waals surface area contributed by atoms with E-state index in [1.807, 2.05) is 6.20 Å². The minimum Gasteiger partial charge on any atom is -0.380 e. The molecule has 1 aromatic heterocycles. The molecule has 2 heterocycles. The van der Waals surface area contributed by atoms with E-state index in [0.717, 1.165) is 51.5 Å². The second-order valence-corrected chi connectivity index (χ2v) is 5.95. The predicted molar refractivity (Wildman–Crippen MR) is 81.8 cm³/mol. The van der Waals surface area contributed by atoms with Crippen molar-refractivity contribution in [1.82, 2.24) is 14.8 Å². The first-order valence-electron chi connectivity index (χ1n) is 7.56. The van der Waals surface area contributed by atoms with E-state index in [0.29, 0.717) is 5.92 Å². The van der Waals surface area contributed by atoms with Gasteiger partial charge in [0.1, 0.15) is 0 Å². The van der Waals surface area contributed by atoms with Gasteiger partial charge in [0.15, 0.2) is 0 Å². The lowest BCUT2D eigenvalue weighted by Crippen LogP contribution is -2.34. The minimum atomic E-state index is 0.586. The summed E-state index contributed by atoms with van der Waals surface area (Å²) >= 11 is 0. The molecule has 0 aliphatic carbocycles. The van der Waals surface area contributed by atoms with Gasteiger partial charge in [0, 0.05) is 38.3 Å². The predicted octanol–water partition coefficient (Wildman–Crippen LogP) is 1.65. The first-order valence-corrected chi connectivity index (χ1v) is 7.56. The Morgan fingerprint density at radius 3 is 2.90 bits per heavy atom. The van der Waals surface area contributed by atoms with Crippen LogP contribution in [0, 0.1) is 5.92 Å². The number of pyridine rings is 1. The van der Waals surface area contributed by atoms with Crippen molar-refractivity contribution in [3.8, 4) is 0 Å². The van der Waals surface area contributed by atoms with Crippen LogP contribution in [0.5, 0.6) is 0 Å². The molecule has 0 aromatic carbocycles.